The number of hydrogen-bond acceptors (Lipinski definition) is 2. The van der Waals surface area contributed by atoms with Gasteiger partial charge in [-0.2, -0.15) is 0 Å². The van der Waals surface area contributed by atoms with E-state index < -0.39 is 11.7 Å². The maximum absolute atomic E-state index is 13.5. The van der Waals surface area contributed by atoms with Crippen LogP contribution in [0.25, 0.3) is 0 Å². The van der Waals surface area contributed by atoms with Crippen molar-refractivity contribution in [2.45, 2.75) is 18.9 Å². The molecule has 0 saturated carbocycles. The van der Waals surface area contributed by atoms with Crippen molar-refractivity contribution in [3.63, 3.8) is 0 Å². The summed E-state index contributed by atoms with van der Waals surface area (Å²) in [5.41, 5.74) is -0.00417. The molecular weight excluding hydrogens is 243 g/mol. The molecule has 1 atom stereocenters. The first-order chi connectivity index (χ1) is 8.18. The number of amides is 1. The van der Waals surface area contributed by atoms with Gasteiger partial charge in [-0.1, -0.05) is 17.7 Å². The van der Waals surface area contributed by atoms with Crippen molar-refractivity contribution in [3.05, 3.63) is 34.6 Å². The number of nitrogens with one attached hydrogen (secondary N) is 2. The van der Waals surface area contributed by atoms with Gasteiger partial charge >= 0.3 is 0 Å². The molecule has 0 bridgehead atoms. The van der Waals surface area contributed by atoms with Crippen LogP contribution in [0.5, 0.6) is 0 Å². The molecule has 0 spiro atoms. The fourth-order valence-corrected chi connectivity index (χ4v) is 2.10. The third-order valence-electron chi connectivity index (χ3n) is 2.87. The quantitative estimate of drug-likeness (QED) is 0.868. The normalized spacial score (nSPS) is 19.3. The smallest absolute Gasteiger partial charge is 0.254 e. The molecule has 1 unspecified atom stereocenters. The van der Waals surface area contributed by atoms with Gasteiger partial charge in [0.15, 0.2) is 5.82 Å². The number of rotatable bonds is 3. The van der Waals surface area contributed by atoms with Crippen LogP contribution >= 0.6 is 11.6 Å². The van der Waals surface area contributed by atoms with Crippen molar-refractivity contribution in [2.24, 2.45) is 0 Å². The van der Waals surface area contributed by atoms with Crippen LogP contribution in [0.2, 0.25) is 5.02 Å². The lowest BCUT2D eigenvalue weighted by atomic mass is 10.2. The summed E-state index contributed by atoms with van der Waals surface area (Å²) in [7, 11) is 0. The summed E-state index contributed by atoms with van der Waals surface area (Å²) in [6, 6.07) is 4.71. The Morgan fingerprint density at radius 1 is 1.59 bits per heavy atom. The van der Waals surface area contributed by atoms with Gasteiger partial charge in [0.25, 0.3) is 5.91 Å². The first kappa shape index (κ1) is 12.3. The van der Waals surface area contributed by atoms with E-state index in [4.69, 9.17) is 11.6 Å². The monoisotopic (exact) mass is 256 g/mol. The van der Waals surface area contributed by atoms with E-state index >= 15 is 0 Å². The lowest BCUT2D eigenvalue weighted by Crippen LogP contribution is -2.37. The zero-order valence-corrected chi connectivity index (χ0v) is 10.1. The minimum atomic E-state index is -0.661. The second-order valence-electron chi connectivity index (χ2n) is 4.10. The van der Waals surface area contributed by atoms with Crippen molar-refractivity contribution >= 4 is 17.5 Å². The van der Waals surface area contributed by atoms with Gasteiger partial charge in [-0.05, 0) is 31.5 Å². The third kappa shape index (κ3) is 2.96. The topological polar surface area (TPSA) is 41.1 Å². The molecule has 0 aliphatic carbocycles. The first-order valence-electron chi connectivity index (χ1n) is 5.64. The largest absolute Gasteiger partial charge is 0.350 e. The van der Waals surface area contributed by atoms with Crippen molar-refractivity contribution in [2.75, 3.05) is 13.1 Å². The van der Waals surface area contributed by atoms with Crippen LogP contribution in [0.4, 0.5) is 4.39 Å². The Hall–Kier alpha value is -1.13. The standard InChI is InChI=1S/C12H14ClFN2O/c13-10-5-1-4-9(11(10)14)12(17)16-7-8-3-2-6-15-8/h1,4-5,8,15H,2-3,6-7H2,(H,16,17). The van der Waals surface area contributed by atoms with E-state index in [9.17, 15) is 9.18 Å². The highest BCUT2D eigenvalue weighted by Crippen LogP contribution is 2.17. The molecule has 1 aromatic rings. The van der Waals surface area contributed by atoms with E-state index in [0.717, 1.165) is 19.4 Å². The second-order valence-corrected chi connectivity index (χ2v) is 4.51. The Labute approximate surface area is 104 Å². The molecule has 2 N–H and O–H groups in total. The van der Waals surface area contributed by atoms with E-state index in [1.54, 1.807) is 6.07 Å². The minimum absolute atomic E-state index is 0.00417. The predicted octanol–water partition coefficient (Wildman–Crippen LogP) is 1.96. The molecule has 1 aliphatic heterocycles. The van der Waals surface area contributed by atoms with Gasteiger partial charge in [0.2, 0.25) is 0 Å². The summed E-state index contributed by atoms with van der Waals surface area (Å²) in [6.45, 7) is 1.50. The molecule has 92 valence electrons. The van der Waals surface area contributed by atoms with E-state index in [1.165, 1.54) is 12.1 Å². The molecule has 17 heavy (non-hydrogen) atoms. The number of carbonyl (C=O) groups is 1. The highest BCUT2D eigenvalue weighted by Gasteiger charge is 2.17. The molecule has 5 heteroatoms. The Bertz CT molecular complexity index is 419. The average molecular weight is 257 g/mol. The minimum Gasteiger partial charge on any atom is -0.350 e. The molecule has 1 aliphatic rings. The Kier molecular flexibility index (Phi) is 3.97. The van der Waals surface area contributed by atoms with E-state index in [2.05, 4.69) is 10.6 Å². The van der Waals surface area contributed by atoms with Crippen molar-refractivity contribution in [1.82, 2.24) is 10.6 Å². The summed E-state index contributed by atoms with van der Waals surface area (Å²) in [5, 5.41) is 5.93. The van der Waals surface area contributed by atoms with Crippen LogP contribution in [0.1, 0.15) is 23.2 Å². The van der Waals surface area contributed by atoms with Gasteiger partial charge < -0.3 is 10.6 Å². The summed E-state index contributed by atoms with van der Waals surface area (Å²) in [5.74, 6) is -1.08. The van der Waals surface area contributed by atoms with E-state index in [-0.39, 0.29) is 10.6 Å². The van der Waals surface area contributed by atoms with Gasteiger partial charge in [0.1, 0.15) is 0 Å². The van der Waals surface area contributed by atoms with Crippen LogP contribution in [0.3, 0.4) is 0 Å². The zero-order valence-electron chi connectivity index (χ0n) is 9.30. The molecule has 2 rings (SSSR count). The summed E-state index contributed by atoms with van der Waals surface area (Å²) < 4.78 is 13.5. The lowest BCUT2D eigenvalue weighted by molar-refractivity contribution is 0.0946. The number of carbonyl (C=O) groups excluding carboxylic acids is 1. The van der Waals surface area contributed by atoms with Gasteiger partial charge in [-0.15, -0.1) is 0 Å². The van der Waals surface area contributed by atoms with Crippen LogP contribution in [-0.4, -0.2) is 25.0 Å². The fourth-order valence-electron chi connectivity index (χ4n) is 1.92. The first-order valence-corrected chi connectivity index (χ1v) is 6.02. The molecule has 1 fully saturated rings. The highest BCUT2D eigenvalue weighted by molar-refractivity contribution is 6.31. The summed E-state index contributed by atoms with van der Waals surface area (Å²) >= 11 is 5.62. The molecule has 1 aromatic carbocycles. The fraction of sp³-hybridized carbons (Fsp3) is 0.417. The molecule has 3 nitrogen and oxygen atoms in total. The van der Waals surface area contributed by atoms with Crippen LogP contribution in [0.15, 0.2) is 18.2 Å². The van der Waals surface area contributed by atoms with Crippen molar-refractivity contribution in [3.8, 4) is 0 Å². The molecule has 1 amide bonds. The molecule has 0 radical (unpaired) electrons. The Morgan fingerprint density at radius 3 is 3.12 bits per heavy atom. The number of hydrogen-bond donors (Lipinski definition) is 2. The van der Waals surface area contributed by atoms with E-state index in [1.807, 2.05) is 0 Å². The summed E-state index contributed by atoms with van der Waals surface area (Å²) in [4.78, 5) is 11.7. The SMILES string of the molecule is O=C(NCC1CCCN1)c1cccc(Cl)c1F. The lowest BCUT2D eigenvalue weighted by Gasteiger charge is -2.12. The van der Waals surface area contributed by atoms with Gasteiger partial charge in [0, 0.05) is 12.6 Å². The third-order valence-corrected chi connectivity index (χ3v) is 3.16. The molecule has 1 saturated heterocycles. The van der Waals surface area contributed by atoms with Gasteiger partial charge in [-0.3, -0.25) is 4.79 Å². The van der Waals surface area contributed by atoms with Crippen LogP contribution in [0, 0.1) is 5.82 Å². The molecule has 1 heterocycles. The Balaban J connectivity index is 1.97. The van der Waals surface area contributed by atoms with Crippen LogP contribution < -0.4 is 10.6 Å². The van der Waals surface area contributed by atoms with Crippen LogP contribution in [-0.2, 0) is 0 Å². The zero-order chi connectivity index (χ0) is 12.3. The van der Waals surface area contributed by atoms with Crippen molar-refractivity contribution in [1.29, 1.82) is 0 Å². The number of benzene rings is 1. The van der Waals surface area contributed by atoms with Crippen molar-refractivity contribution < 1.29 is 9.18 Å². The Morgan fingerprint density at radius 2 is 2.41 bits per heavy atom. The highest BCUT2D eigenvalue weighted by atomic mass is 35.5. The predicted molar refractivity (Wildman–Crippen MR) is 64.8 cm³/mol. The van der Waals surface area contributed by atoms with Gasteiger partial charge in [-0.25, -0.2) is 4.39 Å². The number of halogens is 2. The molecular formula is C12H14ClFN2O. The maximum Gasteiger partial charge on any atom is 0.254 e. The van der Waals surface area contributed by atoms with E-state index in [0.29, 0.717) is 12.6 Å². The van der Waals surface area contributed by atoms with Gasteiger partial charge in [0.05, 0.1) is 10.6 Å². The molecule has 0 aromatic heterocycles. The second kappa shape index (κ2) is 5.47. The summed E-state index contributed by atoms with van der Waals surface area (Å²) in [6.07, 6.45) is 2.16. The maximum atomic E-state index is 13.5. The average Bonchev–Trinajstić information content (AvgIpc) is 2.82.